The molecule has 2 aliphatic rings. The number of hydrogen-bond acceptors (Lipinski definition) is 8. The number of benzene rings is 2. The summed E-state index contributed by atoms with van der Waals surface area (Å²) in [6.45, 7) is 6.48. The fourth-order valence-corrected chi connectivity index (χ4v) is 4.70. The van der Waals surface area contributed by atoms with Gasteiger partial charge in [0.05, 0.1) is 16.2 Å². The van der Waals surface area contributed by atoms with Crippen molar-refractivity contribution >= 4 is 22.9 Å². The molecule has 3 heterocycles. The van der Waals surface area contributed by atoms with Gasteiger partial charge in [-0.05, 0) is 48.0 Å². The first-order valence-corrected chi connectivity index (χ1v) is 12.6. The van der Waals surface area contributed by atoms with Crippen LogP contribution in [0.3, 0.4) is 0 Å². The van der Waals surface area contributed by atoms with Gasteiger partial charge in [-0.1, -0.05) is 13.0 Å². The number of nitrogens with one attached hydrogen (secondary N) is 1. The Hall–Kier alpha value is -4.03. The number of fused-ring (bicyclic) bond motifs is 1. The third-order valence-corrected chi connectivity index (χ3v) is 6.83. The molecule has 0 amide bonds. The molecular weight excluding hydrogens is 513 g/mol. The number of halogens is 3. The summed E-state index contributed by atoms with van der Waals surface area (Å²) in [6, 6.07) is 12.3. The van der Waals surface area contributed by atoms with Crippen LogP contribution in [0.25, 0.3) is 0 Å². The summed E-state index contributed by atoms with van der Waals surface area (Å²) in [5.41, 5.74) is 1.30. The van der Waals surface area contributed by atoms with E-state index in [9.17, 15) is 23.3 Å². The standard InChI is InChI=1S/C27H27F3N6O3/c1-2-34-9-11-35(12-10-34)17-18-3-4-20(15-23(18)27(28,29)30)32-25-14-19-13-22(6-7-24(19)33-25)39-26-8-5-21(16-31-26)36(37)38/h3-8,13,15-16H,2,9-12,14,17H2,1H3,(H,32,33). The van der Waals surface area contributed by atoms with E-state index >= 15 is 0 Å². The van der Waals surface area contributed by atoms with Crippen molar-refractivity contribution in [1.29, 1.82) is 0 Å². The minimum atomic E-state index is -4.48. The lowest BCUT2D eigenvalue weighted by Gasteiger charge is -2.34. The molecule has 1 saturated heterocycles. The third kappa shape index (κ3) is 6.35. The molecule has 1 N–H and O–H groups in total. The van der Waals surface area contributed by atoms with Crippen molar-refractivity contribution in [3.05, 3.63) is 81.5 Å². The minimum absolute atomic E-state index is 0.142. The Balaban J connectivity index is 1.25. The van der Waals surface area contributed by atoms with Crippen LogP contribution >= 0.6 is 0 Å². The van der Waals surface area contributed by atoms with E-state index in [1.807, 2.05) is 0 Å². The second-order valence-electron chi connectivity index (χ2n) is 9.44. The highest BCUT2D eigenvalue weighted by Crippen LogP contribution is 2.36. The van der Waals surface area contributed by atoms with Gasteiger partial charge in [-0.25, -0.2) is 9.98 Å². The quantitative estimate of drug-likeness (QED) is 0.306. The van der Waals surface area contributed by atoms with Gasteiger partial charge in [0, 0.05) is 57.0 Å². The zero-order valence-corrected chi connectivity index (χ0v) is 21.2. The zero-order valence-electron chi connectivity index (χ0n) is 21.2. The molecule has 0 radical (unpaired) electrons. The van der Waals surface area contributed by atoms with Crippen molar-refractivity contribution in [1.82, 2.24) is 14.8 Å². The number of piperazine rings is 1. The van der Waals surface area contributed by atoms with E-state index in [-0.39, 0.29) is 23.7 Å². The van der Waals surface area contributed by atoms with E-state index in [2.05, 4.69) is 32.0 Å². The van der Waals surface area contributed by atoms with Gasteiger partial charge in [0.15, 0.2) is 0 Å². The monoisotopic (exact) mass is 540 g/mol. The molecule has 2 aromatic carbocycles. The highest BCUT2D eigenvalue weighted by molar-refractivity contribution is 6.02. The summed E-state index contributed by atoms with van der Waals surface area (Å²) >= 11 is 0. The number of ether oxygens (including phenoxy) is 1. The molecule has 5 rings (SSSR count). The maximum absolute atomic E-state index is 14.0. The predicted octanol–water partition coefficient (Wildman–Crippen LogP) is 5.64. The first-order chi connectivity index (χ1) is 18.7. The summed E-state index contributed by atoms with van der Waals surface area (Å²) in [5, 5.41) is 13.8. The number of rotatable bonds is 7. The van der Waals surface area contributed by atoms with Crippen molar-refractivity contribution in [2.75, 3.05) is 38.0 Å². The lowest BCUT2D eigenvalue weighted by molar-refractivity contribution is -0.385. The molecule has 12 heteroatoms. The van der Waals surface area contributed by atoms with Crippen LogP contribution in [0, 0.1) is 10.1 Å². The summed E-state index contributed by atoms with van der Waals surface area (Å²) < 4.78 is 47.6. The number of likely N-dealkylation sites (N-methyl/N-ethyl adjacent to an activating group) is 1. The van der Waals surface area contributed by atoms with E-state index in [0.29, 0.717) is 29.4 Å². The van der Waals surface area contributed by atoms with Crippen LogP contribution < -0.4 is 10.1 Å². The Kier molecular flexibility index (Phi) is 7.49. The number of hydrogen-bond donors (Lipinski definition) is 1. The van der Waals surface area contributed by atoms with Gasteiger partial charge in [-0.15, -0.1) is 0 Å². The molecule has 2 aliphatic heterocycles. The Morgan fingerprint density at radius 1 is 1.05 bits per heavy atom. The molecule has 1 aromatic heterocycles. The molecule has 9 nitrogen and oxygen atoms in total. The maximum Gasteiger partial charge on any atom is 0.416 e. The van der Waals surface area contributed by atoms with Crippen LogP contribution in [0.15, 0.2) is 59.7 Å². The minimum Gasteiger partial charge on any atom is -0.439 e. The Bertz CT molecular complexity index is 1390. The molecule has 0 aliphatic carbocycles. The van der Waals surface area contributed by atoms with E-state index in [0.717, 1.165) is 50.6 Å². The van der Waals surface area contributed by atoms with Gasteiger partial charge in [-0.2, -0.15) is 13.2 Å². The van der Waals surface area contributed by atoms with Crippen molar-refractivity contribution in [2.45, 2.75) is 26.1 Å². The number of alkyl halides is 3. The number of aliphatic imine (C=N–C) groups is 1. The molecule has 39 heavy (non-hydrogen) atoms. The second kappa shape index (κ2) is 11.0. The number of nitro groups is 1. The average Bonchev–Trinajstić information content (AvgIpc) is 3.31. The van der Waals surface area contributed by atoms with Gasteiger partial charge in [0.1, 0.15) is 17.8 Å². The number of amidine groups is 1. The normalized spacial score (nSPS) is 16.1. The van der Waals surface area contributed by atoms with Crippen LogP contribution in [-0.4, -0.2) is 58.3 Å². The van der Waals surface area contributed by atoms with Gasteiger partial charge in [0.2, 0.25) is 5.88 Å². The lowest BCUT2D eigenvalue weighted by Crippen LogP contribution is -2.45. The highest BCUT2D eigenvalue weighted by atomic mass is 19.4. The summed E-state index contributed by atoms with van der Waals surface area (Å²) in [5.74, 6) is 1.19. The smallest absolute Gasteiger partial charge is 0.416 e. The van der Waals surface area contributed by atoms with Gasteiger partial charge in [-0.3, -0.25) is 15.0 Å². The zero-order chi connectivity index (χ0) is 27.6. The fourth-order valence-electron chi connectivity index (χ4n) is 4.70. The number of aromatic nitrogens is 1. The topological polar surface area (TPSA) is 96.1 Å². The summed E-state index contributed by atoms with van der Waals surface area (Å²) in [7, 11) is 0. The van der Waals surface area contributed by atoms with Crippen LogP contribution in [0.5, 0.6) is 11.6 Å². The Morgan fingerprint density at radius 2 is 1.82 bits per heavy atom. The van der Waals surface area contributed by atoms with E-state index in [1.54, 1.807) is 30.3 Å². The molecule has 1 fully saturated rings. The van der Waals surface area contributed by atoms with Crippen LogP contribution in [-0.2, 0) is 19.1 Å². The largest absolute Gasteiger partial charge is 0.439 e. The maximum atomic E-state index is 14.0. The molecule has 0 atom stereocenters. The van der Waals surface area contributed by atoms with Gasteiger partial charge in [0.25, 0.3) is 5.69 Å². The predicted molar refractivity (Wildman–Crippen MR) is 141 cm³/mol. The molecule has 0 unspecified atom stereocenters. The van der Waals surface area contributed by atoms with Crippen molar-refractivity contribution in [2.24, 2.45) is 4.99 Å². The number of pyridine rings is 1. The first-order valence-electron chi connectivity index (χ1n) is 12.6. The highest BCUT2D eigenvalue weighted by Gasteiger charge is 2.34. The molecule has 204 valence electrons. The summed E-state index contributed by atoms with van der Waals surface area (Å²) in [4.78, 5) is 23.1. The van der Waals surface area contributed by atoms with Crippen molar-refractivity contribution in [3.63, 3.8) is 0 Å². The Labute approximate surface area is 223 Å². The van der Waals surface area contributed by atoms with Gasteiger partial charge >= 0.3 is 6.18 Å². The molecule has 0 spiro atoms. The van der Waals surface area contributed by atoms with Crippen LogP contribution in [0.4, 0.5) is 30.2 Å². The number of nitrogens with zero attached hydrogens (tertiary/aromatic N) is 5. The van der Waals surface area contributed by atoms with Crippen LogP contribution in [0.2, 0.25) is 0 Å². The second-order valence-corrected chi connectivity index (χ2v) is 9.44. The lowest BCUT2D eigenvalue weighted by atomic mass is 10.0. The fraction of sp³-hybridized carbons (Fsp3) is 0.333. The summed E-state index contributed by atoms with van der Waals surface area (Å²) in [6.07, 6.45) is -2.98. The molecule has 0 bridgehead atoms. The van der Waals surface area contributed by atoms with Crippen LogP contribution in [0.1, 0.15) is 23.6 Å². The average molecular weight is 541 g/mol. The van der Waals surface area contributed by atoms with Crippen molar-refractivity contribution < 1.29 is 22.8 Å². The number of anilines is 1. The molecular formula is C27H27F3N6O3. The first kappa shape index (κ1) is 26.6. The van der Waals surface area contributed by atoms with Gasteiger partial charge < -0.3 is 15.0 Å². The molecule has 3 aromatic rings. The SMILES string of the molecule is CCN1CCN(Cc2ccc(NC3=Nc4ccc(Oc5ccc([N+](=O)[O-])cn5)cc4C3)cc2C(F)(F)F)CC1. The van der Waals surface area contributed by atoms with E-state index < -0.39 is 16.7 Å². The Morgan fingerprint density at radius 3 is 2.49 bits per heavy atom. The van der Waals surface area contributed by atoms with E-state index in [4.69, 9.17) is 4.74 Å². The van der Waals surface area contributed by atoms with E-state index in [1.165, 1.54) is 12.1 Å². The third-order valence-electron chi connectivity index (χ3n) is 6.83. The van der Waals surface area contributed by atoms with Crippen molar-refractivity contribution in [3.8, 4) is 11.6 Å². The molecule has 0 saturated carbocycles.